The van der Waals surface area contributed by atoms with Crippen molar-refractivity contribution in [2.75, 3.05) is 36.4 Å². The van der Waals surface area contributed by atoms with Gasteiger partial charge in [0.1, 0.15) is 0 Å². The van der Waals surface area contributed by atoms with Gasteiger partial charge in [-0.3, -0.25) is 9.59 Å². The van der Waals surface area contributed by atoms with E-state index < -0.39 is 0 Å². The number of benzene rings is 3. The summed E-state index contributed by atoms with van der Waals surface area (Å²) in [5.41, 5.74) is 3.12. The van der Waals surface area contributed by atoms with Crippen LogP contribution in [-0.2, 0) is 4.79 Å². The van der Waals surface area contributed by atoms with E-state index in [9.17, 15) is 9.59 Å². The normalized spacial score (nSPS) is 16.8. The Kier molecular flexibility index (Phi) is 5.75. The first-order valence-electron chi connectivity index (χ1n) is 10.8. The van der Waals surface area contributed by atoms with E-state index in [0.717, 1.165) is 24.3 Å². The number of piperazine rings is 1. The predicted molar refractivity (Wildman–Crippen MR) is 130 cm³/mol. The van der Waals surface area contributed by atoms with Crippen LogP contribution in [0.3, 0.4) is 0 Å². The lowest BCUT2D eigenvalue weighted by molar-refractivity contribution is -0.115. The van der Waals surface area contributed by atoms with Crippen molar-refractivity contribution in [1.82, 2.24) is 4.90 Å². The Morgan fingerprint density at radius 3 is 2.45 bits per heavy atom. The van der Waals surface area contributed by atoms with Crippen LogP contribution in [0.1, 0.15) is 15.9 Å². The van der Waals surface area contributed by atoms with E-state index in [0.29, 0.717) is 35.1 Å². The Balaban J connectivity index is 1.23. The van der Waals surface area contributed by atoms with Crippen molar-refractivity contribution in [3.8, 4) is 5.75 Å². The standard InChI is InChI=1S/C26H22ClN3O3/c27-20-4-3-5-21(17-20)29-12-14-30(15-13-29)26(32)19-10-8-18(9-11-19)16-24-25(31)28-22-6-1-2-7-23(22)33-24/h1-11,16-17H,12-15H2,(H,28,31). The quantitative estimate of drug-likeness (QED) is 0.578. The highest BCUT2D eigenvalue weighted by Gasteiger charge is 2.23. The Hall–Kier alpha value is -3.77. The van der Waals surface area contributed by atoms with Gasteiger partial charge < -0.3 is 19.9 Å². The Morgan fingerprint density at radius 1 is 0.939 bits per heavy atom. The summed E-state index contributed by atoms with van der Waals surface area (Å²) in [5, 5.41) is 3.53. The van der Waals surface area contributed by atoms with Crippen molar-refractivity contribution in [2.45, 2.75) is 0 Å². The molecule has 0 spiro atoms. The first kappa shape index (κ1) is 21.1. The van der Waals surface area contributed by atoms with E-state index in [1.807, 2.05) is 53.4 Å². The van der Waals surface area contributed by atoms with Crippen LogP contribution in [0.25, 0.3) is 6.08 Å². The lowest BCUT2D eigenvalue weighted by atomic mass is 10.1. The first-order valence-corrected chi connectivity index (χ1v) is 11.1. The number of para-hydroxylation sites is 2. The van der Waals surface area contributed by atoms with Crippen molar-refractivity contribution >= 4 is 40.9 Å². The van der Waals surface area contributed by atoms with Crippen molar-refractivity contribution in [3.63, 3.8) is 0 Å². The minimum Gasteiger partial charge on any atom is -0.449 e. The molecule has 7 heteroatoms. The number of carbonyl (C=O) groups excluding carboxylic acids is 2. The monoisotopic (exact) mass is 459 g/mol. The number of rotatable bonds is 3. The van der Waals surface area contributed by atoms with Gasteiger partial charge in [0.15, 0.2) is 11.5 Å². The van der Waals surface area contributed by atoms with Crippen molar-refractivity contribution < 1.29 is 14.3 Å². The van der Waals surface area contributed by atoms with Gasteiger partial charge >= 0.3 is 0 Å². The molecule has 0 aromatic heterocycles. The molecule has 3 aromatic rings. The zero-order valence-electron chi connectivity index (χ0n) is 17.8. The van der Waals surface area contributed by atoms with Crippen LogP contribution in [0, 0.1) is 0 Å². The summed E-state index contributed by atoms with van der Waals surface area (Å²) in [5.74, 6) is 0.518. The molecule has 0 atom stereocenters. The lowest BCUT2D eigenvalue weighted by Crippen LogP contribution is -2.48. The molecule has 0 bridgehead atoms. The van der Waals surface area contributed by atoms with Crippen LogP contribution >= 0.6 is 11.6 Å². The molecular weight excluding hydrogens is 438 g/mol. The van der Waals surface area contributed by atoms with Gasteiger partial charge in [-0.1, -0.05) is 41.9 Å². The number of hydrogen-bond donors (Lipinski definition) is 1. The molecule has 0 unspecified atom stereocenters. The van der Waals surface area contributed by atoms with Gasteiger partial charge in [-0.05, 0) is 54.1 Å². The van der Waals surface area contributed by atoms with Crippen LogP contribution in [0.4, 0.5) is 11.4 Å². The summed E-state index contributed by atoms with van der Waals surface area (Å²) in [6.45, 7) is 2.80. The van der Waals surface area contributed by atoms with Gasteiger partial charge in [-0.15, -0.1) is 0 Å². The molecule has 0 saturated carbocycles. The third kappa shape index (κ3) is 4.56. The molecule has 2 aliphatic heterocycles. The number of hydrogen-bond acceptors (Lipinski definition) is 4. The van der Waals surface area contributed by atoms with E-state index in [-0.39, 0.29) is 17.6 Å². The number of carbonyl (C=O) groups is 2. The molecule has 33 heavy (non-hydrogen) atoms. The van der Waals surface area contributed by atoms with Crippen LogP contribution in [0.5, 0.6) is 5.75 Å². The van der Waals surface area contributed by atoms with Crippen LogP contribution in [-0.4, -0.2) is 42.9 Å². The molecule has 1 N–H and O–H groups in total. The summed E-state index contributed by atoms with van der Waals surface area (Å²) in [4.78, 5) is 29.4. The number of nitrogens with one attached hydrogen (secondary N) is 1. The van der Waals surface area contributed by atoms with Gasteiger partial charge in [0.05, 0.1) is 5.69 Å². The fourth-order valence-corrected chi connectivity index (χ4v) is 4.18. The number of fused-ring (bicyclic) bond motifs is 1. The van der Waals surface area contributed by atoms with E-state index in [4.69, 9.17) is 16.3 Å². The predicted octanol–water partition coefficient (Wildman–Crippen LogP) is 4.67. The average molecular weight is 460 g/mol. The molecule has 1 saturated heterocycles. The van der Waals surface area contributed by atoms with Gasteiger partial charge in [-0.2, -0.15) is 0 Å². The molecule has 2 amide bonds. The summed E-state index contributed by atoms with van der Waals surface area (Å²) in [6.07, 6.45) is 1.67. The molecule has 3 aromatic carbocycles. The Bertz CT molecular complexity index is 1230. The van der Waals surface area contributed by atoms with Crippen LogP contribution < -0.4 is 15.0 Å². The molecule has 5 rings (SSSR count). The SMILES string of the molecule is O=C1Nc2ccccc2OC1=Cc1ccc(C(=O)N2CCN(c3cccc(Cl)c3)CC2)cc1. The van der Waals surface area contributed by atoms with Gasteiger partial charge in [-0.25, -0.2) is 0 Å². The first-order chi connectivity index (χ1) is 16.1. The minimum absolute atomic E-state index is 0.000494. The van der Waals surface area contributed by atoms with Gasteiger partial charge in [0.2, 0.25) is 0 Å². The number of ether oxygens (including phenoxy) is 1. The third-order valence-electron chi connectivity index (χ3n) is 5.77. The van der Waals surface area contributed by atoms with Crippen molar-refractivity contribution in [1.29, 1.82) is 0 Å². The Labute approximate surface area is 197 Å². The van der Waals surface area contributed by atoms with Crippen molar-refractivity contribution in [3.05, 3.63) is 94.7 Å². The van der Waals surface area contributed by atoms with Crippen LogP contribution in [0.2, 0.25) is 5.02 Å². The molecule has 2 heterocycles. The van der Waals surface area contributed by atoms with Gasteiger partial charge in [0.25, 0.3) is 11.8 Å². The highest BCUT2D eigenvalue weighted by atomic mass is 35.5. The molecule has 6 nitrogen and oxygen atoms in total. The second-order valence-corrected chi connectivity index (χ2v) is 8.38. The summed E-state index contributed by atoms with van der Waals surface area (Å²) in [6, 6.07) is 22.3. The topological polar surface area (TPSA) is 61.9 Å². The molecular formula is C26H22ClN3O3. The fourth-order valence-electron chi connectivity index (χ4n) is 4.00. The molecule has 0 aliphatic carbocycles. The third-order valence-corrected chi connectivity index (χ3v) is 6.01. The van der Waals surface area contributed by atoms with E-state index in [1.165, 1.54) is 0 Å². The second-order valence-electron chi connectivity index (χ2n) is 7.94. The maximum Gasteiger partial charge on any atom is 0.291 e. The van der Waals surface area contributed by atoms with E-state index >= 15 is 0 Å². The maximum absolute atomic E-state index is 13.0. The summed E-state index contributed by atoms with van der Waals surface area (Å²) >= 11 is 6.10. The fraction of sp³-hybridized carbons (Fsp3) is 0.154. The van der Waals surface area contributed by atoms with E-state index in [2.05, 4.69) is 10.2 Å². The second kappa shape index (κ2) is 9.00. The molecule has 0 radical (unpaired) electrons. The number of halogens is 1. The van der Waals surface area contributed by atoms with Gasteiger partial charge in [0, 0.05) is 42.5 Å². The van der Waals surface area contributed by atoms with Crippen molar-refractivity contribution in [2.24, 2.45) is 0 Å². The zero-order valence-corrected chi connectivity index (χ0v) is 18.6. The zero-order chi connectivity index (χ0) is 22.8. The van der Waals surface area contributed by atoms with E-state index in [1.54, 1.807) is 30.3 Å². The number of anilines is 2. The van der Waals surface area contributed by atoms with Crippen LogP contribution in [0.15, 0.2) is 78.6 Å². The highest BCUT2D eigenvalue weighted by Crippen LogP contribution is 2.31. The largest absolute Gasteiger partial charge is 0.449 e. The summed E-state index contributed by atoms with van der Waals surface area (Å²) in [7, 11) is 0. The summed E-state index contributed by atoms with van der Waals surface area (Å²) < 4.78 is 5.74. The Morgan fingerprint density at radius 2 is 1.70 bits per heavy atom. The lowest BCUT2D eigenvalue weighted by Gasteiger charge is -2.36. The minimum atomic E-state index is -0.300. The average Bonchev–Trinajstić information content (AvgIpc) is 2.85. The molecule has 2 aliphatic rings. The number of amides is 2. The number of nitrogens with zero attached hydrogens (tertiary/aromatic N) is 2. The molecule has 166 valence electrons. The maximum atomic E-state index is 13.0. The highest BCUT2D eigenvalue weighted by molar-refractivity contribution is 6.30. The smallest absolute Gasteiger partial charge is 0.291 e. The molecule has 1 fully saturated rings.